The Labute approximate surface area is 96.5 Å². The Balaban J connectivity index is 1.89. The van der Waals surface area contributed by atoms with Gasteiger partial charge in [0.05, 0.1) is 0 Å². The van der Waals surface area contributed by atoms with Gasteiger partial charge in [-0.15, -0.1) is 0 Å². The van der Waals surface area contributed by atoms with Gasteiger partial charge in [-0.1, -0.05) is 13.8 Å². The fourth-order valence-electron chi connectivity index (χ4n) is 4.71. The molecular weight excluding hydrogens is 216 g/mol. The topological polar surface area (TPSA) is 0 Å². The van der Waals surface area contributed by atoms with Crippen molar-refractivity contribution in [1.29, 1.82) is 0 Å². The molecule has 4 unspecified atom stereocenters. The third-order valence-electron chi connectivity index (χ3n) is 4.64. The molecule has 0 aromatic carbocycles. The molecule has 3 fully saturated rings. The Bertz CT molecular complexity index is 254. The number of hydrogen-bond donors (Lipinski definition) is 3. The highest BCUT2D eigenvalue weighted by atomic mass is 32.1. The van der Waals surface area contributed by atoms with E-state index in [2.05, 4.69) is 13.8 Å². The Morgan fingerprint density at radius 3 is 1.62 bits per heavy atom. The molecule has 0 amide bonds. The van der Waals surface area contributed by atoms with Gasteiger partial charge in [-0.25, -0.2) is 0 Å². The van der Waals surface area contributed by atoms with Crippen molar-refractivity contribution in [2.75, 3.05) is 0 Å². The van der Waals surface area contributed by atoms with Gasteiger partial charge in [0.2, 0.25) is 0 Å². The van der Waals surface area contributed by atoms with E-state index in [9.17, 15) is 0 Å². The van der Waals surface area contributed by atoms with Crippen LogP contribution < -0.4 is 0 Å². The molecule has 1 spiro atoms. The quantitative estimate of drug-likeness (QED) is 0.526. The van der Waals surface area contributed by atoms with E-state index in [1.54, 1.807) is 0 Å². The van der Waals surface area contributed by atoms with Gasteiger partial charge in [-0.3, -0.25) is 0 Å². The molecule has 0 aliphatic heterocycles. The van der Waals surface area contributed by atoms with E-state index in [1.165, 1.54) is 12.8 Å². The largest absolute Gasteiger partial charge is 0.175 e. The van der Waals surface area contributed by atoms with Gasteiger partial charge < -0.3 is 0 Å². The van der Waals surface area contributed by atoms with E-state index in [0.717, 1.165) is 11.8 Å². The molecule has 13 heavy (non-hydrogen) atoms. The van der Waals surface area contributed by atoms with Crippen LogP contribution in [-0.4, -0.2) is 14.7 Å². The highest BCUT2D eigenvalue weighted by Crippen LogP contribution is 2.83. The van der Waals surface area contributed by atoms with Gasteiger partial charge in [0.1, 0.15) is 0 Å². The fraction of sp³-hybridized carbons (Fsp3) is 1.00. The Morgan fingerprint density at radius 2 is 1.38 bits per heavy atom. The van der Waals surface area contributed by atoms with Gasteiger partial charge in [-0.2, -0.15) is 37.9 Å². The minimum absolute atomic E-state index is 0.257. The number of hydrogen-bond acceptors (Lipinski definition) is 3. The summed E-state index contributed by atoms with van der Waals surface area (Å²) < 4.78 is 0.514. The summed E-state index contributed by atoms with van der Waals surface area (Å²) in [4.78, 5) is 0. The molecular formula is C10H16S3. The van der Waals surface area contributed by atoms with Crippen molar-refractivity contribution in [3.8, 4) is 0 Å². The van der Waals surface area contributed by atoms with E-state index in [4.69, 9.17) is 37.9 Å². The summed E-state index contributed by atoms with van der Waals surface area (Å²) in [5.41, 5.74) is 0.611. The molecule has 0 aromatic rings. The summed E-state index contributed by atoms with van der Waals surface area (Å²) >= 11 is 14.2. The molecule has 3 aliphatic carbocycles. The van der Waals surface area contributed by atoms with E-state index in [0.29, 0.717) is 10.7 Å². The molecule has 74 valence electrons. The van der Waals surface area contributed by atoms with Crippen molar-refractivity contribution >= 4 is 37.9 Å². The van der Waals surface area contributed by atoms with Crippen LogP contribution in [-0.2, 0) is 0 Å². The lowest BCUT2D eigenvalue weighted by Crippen LogP contribution is -2.84. The van der Waals surface area contributed by atoms with Crippen LogP contribution in [0.1, 0.15) is 26.7 Å². The summed E-state index contributed by atoms with van der Waals surface area (Å²) in [7, 11) is 0. The van der Waals surface area contributed by atoms with Crippen LogP contribution in [0.4, 0.5) is 0 Å². The minimum atomic E-state index is 0.257. The summed E-state index contributed by atoms with van der Waals surface area (Å²) in [6.07, 6.45) is 2.57. The maximum Gasteiger partial charge on any atom is 0.0151 e. The third kappa shape index (κ3) is 0.785. The highest BCUT2D eigenvalue weighted by Gasteiger charge is 2.82. The first kappa shape index (κ1) is 9.29. The van der Waals surface area contributed by atoms with Crippen LogP contribution in [0.3, 0.4) is 0 Å². The maximum absolute atomic E-state index is 4.72. The van der Waals surface area contributed by atoms with Crippen molar-refractivity contribution in [2.24, 2.45) is 17.3 Å². The molecule has 4 atom stereocenters. The zero-order valence-corrected chi connectivity index (χ0v) is 10.7. The summed E-state index contributed by atoms with van der Waals surface area (Å²) in [6.45, 7) is 4.53. The van der Waals surface area contributed by atoms with E-state index in [1.807, 2.05) is 0 Å². The van der Waals surface area contributed by atoms with Crippen molar-refractivity contribution in [1.82, 2.24) is 0 Å². The average Bonchev–Trinajstić information content (AvgIpc) is 1.78. The third-order valence-corrected chi connectivity index (χ3v) is 6.10. The molecule has 0 heterocycles. The van der Waals surface area contributed by atoms with E-state index in [-0.39, 0.29) is 9.49 Å². The van der Waals surface area contributed by atoms with Gasteiger partial charge in [0, 0.05) is 14.7 Å². The lowest BCUT2D eigenvalue weighted by Gasteiger charge is -2.84. The second-order valence-electron chi connectivity index (χ2n) is 5.75. The summed E-state index contributed by atoms with van der Waals surface area (Å²) in [5, 5.41) is 0.549. The zero-order chi connectivity index (χ0) is 9.65. The Hall–Kier alpha value is 1.05. The van der Waals surface area contributed by atoms with Crippen molar-refractivity contribution < 1.29 is 0 Å². The monoisotopic (exact) mass is 232 g/mol. The van der Waals surface area contributed by atoms with Crippen LogP contribution in [0.2, 0.25) is 0 Å². The van der Waals surface area contributed by atoms with Gasteiger partial charge in [0.25, 0.3) is 0 Å². The second kappa shape index (κ2) is 2.10. The summed E-state index contributed by atoms with van der Waals surface area (Å²) in [6, 6.07) is 0. The first-order valence-electron chi connectivity index (χ1n) is 4.94. The predicted octanol–water partition coefficient (Wildman–Crippen LogP) is 2.70. The van der Waals surface area contributed by atoms with Crippen LogP contribution in [0, 0.1) is 17.3 Å². The smallest absolute Gasteiger partial charge is 0.0151 e. The number of rotatable bonds is 0. The maximum atomic E-state index is 4.72. The fourth-order valence-corrected chi connectivity index (χ4v) is 7.63. The van der Waals surface area contributed by atoms with Gasteiger partial charge >= 0.3 is 0 Å². The molecule has 3 heteroatoms. The highest BCUT2D eigenvalue weighted by molar-refractivity contribution is 7.83. The molecule has 0 nitrogen and oxygen atoms in total. The average molecular weight is 232 g/mol. The van der Waals surface area contributed by atoms with Crippen LogP contribution in [0.5, 0.6) is 0 Å². The second-order valence-corrected chi connectivity index (χ2v) is 8.39. The Morgan fingerprint density at radius 1 is 1.00 bits per heavy atom. The minimum Gasteiger partial charge on any atom is -0.175 e. The van der Waals surface area contributed by atoms with Crippen molar-refractivity contribution in [3.05, 3.63) is 0 Å². The zero-order valence-electron chi connectivity index (χ0n) is 7.99. The van der Waals surface area contributed by atoms with Crippen molar-refractivity contribution in [3.63, 3.8) is 0 Å². The Kier molecular flexibility index (Phi) is 1.50. The summed E-state index contributed by atoms with van der Waals surface area (Å²) in [5.74, 6) is 1.49. The normalized spacial score (nSPS) is 74.1. The molecule has 3 rings (SSSR count). The van der Waals surface area contributed by atoms with Crippen LogP contribution in [0.25, 0.3) is 0 Å². The molecule has 3 aliphatic rings. The van der Waals surface area contributed by atoms with Crippen LogP contribution in [0.15, 0.2) is 0 Å². The van der Waals surface area contributed by atoms with E-state index >= 15 is 0 Å². The number of thiol groups is 3. The molecule has 3 saturated carbocycles. The van der Waals surface area contributed by atoms with Gasteiger partial charge in [-0.05, 0) is 30.1 Å². The van der Waals surface area contributed by atoms with Gasteiger partial charge in [0.15, 0.2) is 0 Å². The first-order valence-corrected chi connectivity index (χ1v) is 6.35. The SMILES string of the molecule is CC1(S)CC23CC(C)(S)C2C(S)C13. The molecule has 0 N–H and O–H groups in total. The molecule has 0 saturated heterocycles. The van der Waals surface area contributed by atoms with Crippen molar-refractivity contribution in [2.45, 2.75) is 41.4 Å². The van der Waals surface area contributed by atoms with Crippen LogP contribution >= 0.6 is 37.9 Å². The molecule has 0 aromatic heterocycles. The predicted molar refractivity (Wildman–Crippen MR) is 66.2 cm³/mol. The molecule has 0 bridgehead atoms. The lowest BCUT2D eigenvalue weighted by molar-refractivity contribution is -0.243. The molecule has 0 radical (unpaired) electrons. The first-order chi connectivity index (χ1) is 5.81. The van der Waals surface area contributed by atoms with E-state index < -0.39 is 0 Å². The lowest BCUT2D eigenvalue weighted by atomic mass is 9.27. The standard InChI is InChI=1S/C10H16S3/c1-8(12)3-10-4-9(2,13)7(10)5(11)6(8)10/h5-7,11-13H,3-4H2,1-2H3.